The van der Waals surface area contributed by atoms with Crippen LogP contribution < -0.4 is 10.9 Å². The molecule has 0 aromatic carbocycles. The van der Waals surface area contributed by atoms with Crippen LogP contribution in [0.3, 0.4) is 0 Å². The molecule has 0 spiro atoms. The van der Waals surface area contributed by atoms with Crippen molar-refractivity contribution in [1.82, 2.24) is 15.8 Å². The second-order valence-corrected chi connectivity index (χ2v) is 4.33. The van der Waals surface area contributed by atoms with Crippen LogP contribution in [0.2, 0.25) is 0 Å². The number of hydrazine groups is 1. The SMILES string of the molecule is CC1CCCCN1C(=O)C1CC(=O)NN1. The number of nitrogens with one attached hydrogen (secondary N) is 2. The van der Waals surface area contributed by atoms with Crippen LogP contribution in [0.4, 0.5) is 0 Å². The number of hydrogen-bond acceptors (Lipinski definition) is 3. The minimum Gasteiger partial charge on any atom is -0.339 e. The van der Waals surface area contributed by atoms with Crippen molar-refractivity contribution in [1.29, 1.82) is 0 Å². The third-order valence-electron chi connectivity index (χ3n) is 3.16. The number of nitrogens with zero attached hydrogens (tertiary/aromatic N) is 1. The smallest absolute Gasteiger partial charge is 0.242 e. The van der Waals surface area contributed by atoms with Crippen molar-refractivity contribution in [3.8, 4) is 0 Å². The molecule has 0 saturated carbocycles. The standard InChI is InChI=1S/C10H17N3O2/c1-7-4-2-3-5-13(7)10(15)8-6-9(14)12-11-8/h7-8,11H,2-6H2,1H3,(H,12,14). The monoisotopic (exact) mass is 211 g/mol. The molecule has 2 aliphatic rings. The molecule has 0 aliphatic carbocycles. The molecule has 5 heteroatoms. The lowest BCUT2D eigenvalue weighted by Crippen LogP contribution is -2.50. The maximum absolute atomic E-state index is 12.0. The van der Waals surface area contributed by atoms with E-state index < -0.39 is 0 Å². The number of rotatable bonds is 1. The zero-order valence-electron chi connectivity index (χ0n) is 8.95. The summed E-state index contributed by atoms with van der Waals surface area (Å²) >= 11 is 0. The Morgan fingerprint density at radius 2 is 2.27 bits per heavy atom. The highest BCUT2D eigenvalue weighted by Gasteiger charge is 2.33. The zero-order valence-corrected chi connectivity index (χ0v) is 8.95. The molecule has 84 valence electrons. The van der Waals surface area contributed by atoms with Gasteiger partial charge in [-0.15, -0.1) is 0 Å². The maximum Gasteiger partial charge on any atom is 0.242 e. The van der Waals surface area contributed by atoms with Gasteiger partial charge in [-0.3, -0.25) is 15.0 Å². The van der Waals surface area contributed by atoms with E-state index in [1.165, 1.54) is 6.42 Å². The van der Waals surface area contributed by atoms with Crippen molar-refractivity contribution in [2.24, 2.45) is 0 Å². The summed E-state index contributed by atoms with van der Waals surface area (Å²) in [4.78, 5) is 24.9. The Labute approximate surface area is 89.2 Å². The molecule has 0 aromatic rings. The van der Waals surface area contributed by atoms with E-state index >= 15 is 0 Å². The van der Waals surface area contributed by atoms with E-state index in [2.05, 4.69) is 17.8 Å². The van der Waals surface area contributed by atoms with Gasteiger partial charge in [-0.2, -0.15) is 0 Å². The zero-order chi connectivity index (χ0) is 10.8. The molecule has 0 radical (unpaired) electrons. The molecule has 2 saturated heterocycles. The average Bonchev–Trinajstić information content (AvgIpc) is 2.65. The number of carbonyl (C=O) groups excluding carboxylic acids is 2. The molecule has 2 fully saturated rings. The lowest BCUT2D eigenvalue weighted by Gasteiger charge is -2.34. The Balaban J connectivity index is 1.97. The van der Waals surface area contributed by atoms with E-state index in [0.29, 0.717) is 6.04 Å². The molecule has 2 aliphatic heterocycles. The summed E-state index contributed by atoms with van der Waals surface area (Å²) in [6.07, 6.45) is 3.60. The molecule has 0 aromatic heterocycles. The number of likely N-dealkylation sites (tertiary alicyclic amines) is 1. The van der Waals surface area contributed by atoms with Crippen LogP contribution >= 0.6 is 0 Å². The van der Waals surface area contributed by atoms with E-state index in [4.69, 9.17) is 0 Å². The fourth-order valence-corrected chi connectivity index (χ4v) is 2.23. The second-order valence-electron chi connectivity index (χ2n) is 4.33. The topological polar surface area (TPSA) is 61.4 Å². The van der Waals surface area contributed by atoms with Crippen molar-refractivity contribution in [2.75, 3.05) is 6.54 Å². The number of amides is 2. The summed E-state index contributed by atoms with van der Waals surface area (Å²) in [5, 5.41) is 0. The van der Waals surface area contributed by atoms with Gasteiger partial charge in [0.05, 0.1) is 6.42 Å². The Morgan fingerprint density at radius 3 is 2.87 bits per heavy atom. The van der Waals surface area contributed by atoms with E-state index in [-0.39, 0.29) is 24.3 Å². The highest BCUT2D eigenvalue weighted by Crippen LogP contribution is 2.18. The predicted molar refractivity (Wildman–Crippen MR) is 54.7 cm³/mol. The third-order valence-corrected chi connectivity index (χ3v) is 3.16. The van der Waals surface area contributed by atoms with Gasteiger partial charge in [0.15, 0.2) is 0 Å². The Hall–Kier alpha value is -1.10. The lowest BCUT2D eigenvalue weighted by molar-refractivity contribution is -0.136. The van der Waals surface area contributed by atoms with E-state index in [9.17, 15) is 9.59 Å². The normalized spacial score (nSPS) is 31.5. The number of carbonyl (C=O) groups is 2. The largest absolute Gasteiger partial charge is 0.339 e. The summed E-state index contributed by atoms with van der Waals surface area (Å²) in [5.74, 6) is -0.0430. The van der Waals surface area contributed by atoms with Crippen LogP contribution in [0.15, 0.2) is 0 Å². The van der Waals surface area contributed by atoms with Gasteiger partial charge in [0.1, 0.15) is 6.04 Å². The third kappa shape index (κ3) is 2.12. The second kappa shape index (κ2) is 4.18. The van der Waals surface area contributed by atoms with Crippen molar-refractivity contribution in [3.05, 3.63) is 0 Å². The van der Waals surface area contributed by atoms with Crippen LogP contribution in [-0.2, 0) is 9.59 Å². The molecule has 15 heavy (non-hydrogen) atoms. The van der Waals surface area contributed by atoms with Gasteiger partial charge in [-0.25, -0.2) is 5.43 Å². The molecule has 5 nitrogen and oxygen atoms in total. The van der Waals surface area contributed by atoms with Gasteiger partial charge in [0.2, 0.25) is 11.8 Å². The summed E-state index contributed by atoms with van der Waals surface area (Å²) in [6.45, 7) is 2.90. The first kappa shape index (κ1) is 10.4. The Bertz CT molecular complexity index is 280. The van der Waals surface area contributed by atoms with Crippen LogP contribution in [0.1, 0.15) is 32.6 Å². The quantitative estimate of drug-likeness (QED) is 0.630. The average molecular weight is 211 g/mol. The molecule has 0 bridgehead atoms. The lowest BCUT2D eigenvalue weighted by atomic mass is 10.0. The Morgan fingerprint density at radius 1 is 1.47 bits per heavy atom. The van der Waals surface area contributed by atoms with Gasteiger partial charge in [-0.1, -0.05) is 0 Å². The van der Waals surface area contributed by atoms with Gasteiger partial charge in [0.25, 0.3) is 0 Å². The van der Waals surface area contributed by atoms with Crippen LogP contribution in [-0.4, -0.2) is 35.3 Å². The summed E-state index contributed by atoms with van der Waals surface area (Å²) < 4.78 is 0. The summed E-state index contributed by atoms with van der Waals surface area (Å²) in [5.41, 5.74) is 5.20. The van der Waals surface area contributed by atoms with Crippen molar-refractivity contribution in [2.45, 2.75) is 44.7 Å². The molecule has 2 amide bonds. The molecular formula is C10H17N3O2. The molecule has 2 atom stereocenters. The van der Waals surface area contributed by atoms with Crippen molar-refractivity contribution < 1.29 is 9.59 Å². The molecule has 2 rings (SSSR count). The minimum atomic E-state index is -0.363. The van der Waals surface area contributed by atoms with E-state index in [1.807, 2.05) is 4.90 Å². The van der Waals surface area contributed by atoms with E-state index in [1.54, 1.807) is 0 Å². The summed E-state index contributed by atoms with van der Waals surface area (Å²) in [7, 11) is 0. The highest BCUT2D eigenvalue weighted by atomic mass is 16.2. The van der Waals surface area contributed by atoms with Gasteiger partial charge >= 0.3 is 0 Å². The van der Waals surface area contributed by atoms with Gasteiger partial charge < -0.3 is 4.90 Å². The Kier molecular flexibility index (Phi) is 2.90. The van der Waals surface area contributed by atoms with Crippen LogP contribution in [0, 0.1) is 0 Å². The van der Waals surface area contributed by atoms with Crippen molar-refractivity contribution in [3.63, 3.8) is 0 Å². The first-order chi connectivity index (χ1) is 7.18. The minimum absolute atomic E-state index is 0.0561. The molecule has 2 heterocycles. The van der Waals surface area contributed by atoms with Crippen LogP contribution in [0.5, 0.6) is 0 Å². The van der Waals surface area contributed by atoms with Gasteiger partial charge in [0, 0.05) is 12.6 Å². The van der Waals surface area contributed by atoms with Crippen LogP contribution in [0.25, 0.3) is 0 Å². The highest BCUT2D eigenvalue weighted by molar-refractivity contribution is 5.91. The van der Waals surface area contributed by atoms with Crippen molar-refractivity contribution >= 4 is 11.8 Å². The maximum atomic E-state index is 12.0. The predicted octanol–water partition coefficient (Wildman–Crippen LogP) is -0.219. The first-order valence-corrected chi connectivity index (χ1v) is 5.53. The number of piperidine rings is 1. The molecule has 2 N–H and O–H groups in total. The van der Waals surface area contributed by atoms with Gasteiger partial charge in [-0.05, 0) is 26.2 Å². The molecular weight excluding hydrogens is 194 g/mol. The number of hydrogen-bond donors (Lipinski definition) is 2. The fourth-order valence-electron chi connectivity index (χ4n) is 2.23. The first-order valence-electron chi connectivity index (χ1n) is 5.53. The summed E-state index contributed by atoms with van der Waals surface area (Å²) in [6, 6.07) is -0.0539. The fraction of sp³-hybridized carbons (Fsp3) is 0.800. The molecule has 2 unspecified atom stereocenters. The van der Waals surface area contributed by atoms with E-state index in [0.717, 1.165) is 19.4 Å².